The predicted molar refractivity (Wildman–Crippen MR) is 182 cm³/mol. The Kier molecular flexibility index (Phi) is 8.58. The maximum atomic E-state index is 6.04. The molecule has 5 rings (SSSR count). The molecule has 2 fully saturated rings. The van der Waals surface area contributed by atoms with Crippen molar-refractivity contribution in [2.45, 2.75) is 96.8 Å². The molecule has 0 nitrogen and oxygen atoms in total. The summed E-state index contributed by atoms with van der Waals surface area (Å²) in [6, 6.07) is 16.2. The van der Waals surface area contributed by atoms with E-state index in [1.165, 1.54) is 63.0 Å². The van der Waals surface area contributed by atoms with E-state index in [0.717, 1.165) is 50.9 Å². The van der Waals surface area contributed by atoms with Crippen molar-refractivity contribution >= 4 is 11.1 Å². The molecule has 216 valence electrons. The molecule has 3 aliphatic rings. The molecule has 2 aromatic carbocycles. The highest BCUT2D eigenvalue weighted by atomic mass is 14.4. The Morgan fingerprint density at radius 1 is 1.00 bits per heavy atom. The van der Waals surface area contributed by atoms with Crippen LogP contribution in [0.4, 0.5) is 0 Å². The second-order valence-electron chi connectivity index (χ2n) is 14.4. The molecule has 0 bridgehead atoms. The SMILES string of the molecule is C#CCCCC(=C)c1ccc(C2C=C(C3CC3)C=C2[C@H](C)CC(=C)c2cc(CC(C)(C)C)cc(C3(C#C)CC3)c2)cc1. The van der Waals surface area contributed by atoms with Crippen molar-refractivity contribution in [2.75, 3.05) is 0 Å². The second-order valence-corrected chi connectivity index (χ2v) is 14.4. The van der Waals surface area contributed by atoms with Crippen LogP contribution in [0, 0.1) is 41.9 Å². The predicted octanol–water partition coefficient (Wildman–Crippen LogP) is 10.9. The zero-order chi connectivity index (χ0) is 30.1. The van der Waals surface area contributed by atoms with Crippen LogP contribution < -0.4 is 0 Å². The van der Waals surface area contributed by atoms with Gasteiger partial charge < -0.3 is 0 Å². The van der Waals surface area contributed by atoms with Crippen LogP contribution in [0.15, 0.2) is 78.9 Å². The summed E-state index contributed by atoms with van der Waals surface area (Å²) in [5.41, 5.74) is 12.1. The molecule has 0 radical (unpaired) electrons. The van der Waals surface area contributed by atoms with Gasteiger partial charge in [-0.25, -0.2) is 0 Å². The minimum absolute atomic E-state index is 0.0739. The number of hydrogen-bond donors (Lipinski definition) is 0. The fourth-order valence-corrected chi connectivity index (χ4v) is 6.63. The van der Waals surface area contributed by atoms with E-state index in [2.05, 4.69) is 107 Å². The van der Waals surface area contributed by atoms with Crippen molar-refractivity contribution in [3.63, 3.8) is 0 Å². The van der Waals surface area contributed by atoms with E-state index in [9.17, 15) is 0 Å². The summed E-state index contributed by atoms with van der Waals surface area (Å²) in [4.78, 5) is 0. The molecule has 0 saturated heterocycles. The lowest BCUT2D eigenvalue weighted by molar-refractivity contribution is 0.411. The molecule has 0 spiro atoms. The van der Waals surface area contributed by atoms with Gasteiger partial charge in [0.15, 0.2) is 0 Å². The average Bonchev–Trinajstić information content (AvgIpc) is 3.89. The van der Waals surface area contributed by atoms with Crippen LogP contribution in [-0.4, -0.2) is 0 Å². The van der Waals surface area contributed by atoms with Gasteiger partial charge in [0.2, 0.25) is 0 Å². The Bertz CT molecular complexity index is 1490. The van der Waals surface area contributed by atoms with Crippen LogP contribution in [0.1, 0.15) is 113 Å². The Balaban J connectivity index is 1.36. The van der Waals surface area contributed by atoms with Gasteiger partial charge in [-0.05, 0) is 119 Å². The van der Waals surface area contributed by atoms with Crippen molar-refractivity contribution in [3.05, 3.63) is 107 Å². The summed E-state index contributed by atoms with van der Waals surface area (Å²) in [5.74, 6) is 7.32. The number of allylic oxidation sites excluding steroid dienone is 6. The number of rotatable bonds is 12. The first kappa shape index (κ1) is 30.0. The van der Waals surface area contributed by atoms with Crippen LogP contribution in [0.5, 0.6) is 0 Å². The molecule has 2 aromatic rings. The lowest BCUT2D eigenvalue weighted by Crippen LogP contribution is -2.12. The van der Waals surface area contributed by atoms with E-state index in [1.54, 1.807) is 0 Å². The zero-order valence-corrected chi connectivity index (χ0v) is 26.4. The second kappa shape index (κ2) is 12.0. The number of hydrogen-bond acceptors (Lipinski definition) is 0. The highest BCUT2D eigenvalue weighted by Crippen LogP contribution is 2.50. The minimum Gasteiger partial charge on any atom is -0.120 e. The van der Waals surface area contributed by atoms with Crippen LogP contribution in [0.2, 0.25) is 0 Å². The largest absolute Gasteiger partial charge is 0.120 e. The molecule has 2 atom stereocenters. The standard InChI is InChI=1S/C42H48/c1-9-11-12-13-29(3)33-14-18-35(19-15-33)40-27-37(34-16-17-34)26-39(40)31(5)22-30(4)36-23-32(28-41(6,7)8)24-38(25-36)42(10-2)20-21-42/h1-2,14-15,18-19,23-27,31,34,40H,3-4,11-13,16-17,20-22,28H2,5-8H3/t31-,40?/m1/s1. The van der Waals surface area contributed by atoms with E-state index in [-0.39, 0.29) is 10.8 Å². The van der Waals surface area contributed by atoms with Crippen molar-refractivity contribution in [3.8, 4) is 24.7 Å². The fraction of sp³-hybridized carbons (Fsp3) is 0.429. The van der Waals surface area contributed by atoms with E-state index >= 15 is 0 Å². The van der Waals surface area contributed by atoms with Gasteiger partial charge in [-0.3, -0.25) is 0 Å². The quantitative estimate of drug-likeness (QED) is 0.181. The van der Waals surface area contributed by atoms with Gasteiger partial charge in [-0.15, -0.1) is 18.8 Å². The maximum absolute atomic E-state index is 6.04. The molecule has 0 heteroatoms. The highest BCUT2D eigenvalue weighted by Gasteiger charge is 2.43. The van der Waals surface area contributed by atoms with Crippen molar-refractivity contribution in [1.29, 1.82) is 0 Å². The third kappa shape index (κ3) is 6.93. The molecule has 0 N–H and O–H groups in total. The Morgan fingerprint density at radius 2 is 1.71 bits per heavy atom. The van der Waals surface area contributed by atoms with E-state index in [0.29, 0.717) is 11.8 Å². The van der Waals surface area contributed by atoms with Crippen LogP contribution in [0.3, 0.4) is 0 Å². The molecule has 0 aliphatic heterocycles. The van der Waals surface area contributed by atoms with Crippen molar-refractivity contribution in [2.24, 2.45) is 17.3 Å². The molecule has 0 aromatic heterocycles. The lowest BCUT2D eigenvalue weighted by atomic mass is 9.80. The summed E-state index contributed by atoms with van der Waals surface area (Å²) in [5, 5.41) is 0. The van der Waals surface area contributed by atoms with Crippen molar-refractivity contribution < 1.29 is 0 Å². The molecule has 1 unspecified atom stereocenters. The topological polar surface area (TPSA) is 0 Å². The van der Waals surface area contributed by atoms with E-state index < -0.39 is 0 Å². The molecule has 2 saturated carbocycles. The van der Waals surface area contributed by atoms with Gasteiger partial charge in [0.1, 0.15) is 0 Å². The summed E-state index contributed by atoms with van der Waals surface area (Å²) in [7, 11) is 0. The van der Waals surface area contributed by atoms with Gasteiger partial charge in [-0.2, -0.15) is 0 Å². The first-order valence-electron chi connectivity index (χ1n) is 16.0. The van der Waals surface area contributed by atoms with Gasteiger partial charge in [0.05, 0.1) is 5.41 Å². The normalized spacial score (nSPS) is 19.7. The third-order valence-electron chi connectivity index (χ3n) is 9.41. The first-order valence-corrected chi connectivity index (χ1v) is 16.0. The number of unbranched alkanes of at least 4 members (excludes halogenated alkanes) is 1. The van der Waals surface area contributed by atoms with Crippen LogP contribution >= 0.6 is 0 Å². The minimum atomic E-state index is -0.0739. The van der Waals surface area contributed by atoms with E-state index in [1.807, 2.05) is 0 Å². The van der Waals surface area contributed by atoms with Gasteiger partial charge in [-0.1, -0.05) is 101 Å². The van der Waals surface area contributed by atoms with Crippen LogP contribution in [-0.2, 0) is 11.8 Å². The number of terminal acetylenes is 2. The molecule has 3 aliphatic carbocycles. The average molecular weight is 553 g/mol. The Hall–Kier alpha value is -3.48. The summed E-state index contributed by atoms with van der Waals surface area (Å²) >= 11 is 0. The summed E-state index contributed by atoms with van der Waals surface area (Å²) in [6.45, 7) is 18.3. The highest BCUT2D eigenvalue weighted by molar-refractivity contribution is 5.67. The zero-order valence-electron chi connectivity index (χ0n) is 26.4. The van der Waals surface area contributed by atoms with Crippen molar-refractivity contribution in [1.82, 2.24) is 0 Å². The molecule has 0 heterocycles. The van der Waals surface area contributed by atoms with Gasteiger partial charge >= 0.3 is 0 Å². The lowest BCUT2D eigenvalue weighted by Gasteiger charge is -2.24. The molecule has 0 amide bonds. The Morgan fingerprint density at radius 3 is 2.31 bits per heavy atom. The fourth-order valence-electron chi connectivity index (χ4n) is 6.63. The molecular formula is C42H48. The molecule has 42 heavy (non-hydrogen) atoms. The third-order valence-corrected chi connectivity index (χ3v) is 9.41. The summed E-state index contributed by atoms with van der Waals surface area (Å²) < 4.78 is 0. The summed E-state index contributed by atoms with van der Waals surface area (Å²) in [6.07, 6.45) is 26.1. The maximum Gasteiger partial charge on any atom is 0.0561 e. The van der Waals surface area contributed by atoms with Gasteiger partial charge in [0, 0.05) is 12.3 Å². The smallest absolute Gasteiger partial charge is 0.0561 e. The Labute approximate surface area is 256 Å². The first-order chi connectivity index (χ1) is 20.0. The van der Waals surface area contributed by atoms with Crippen LogP contribution in [0.25, 0.3) is 11.1 Å². The monoisotopic (exact) mass is 552 g/mol. The van der Waals surface area contributed by atoms with E-state index in [4.69, 9.17) is 12.8 Å². The molecular weight excluding hydrogens is 504 g/mol. The van der Waals surface area contributed by atoms with Gasteiger partial charge in [0.25, 0.3) is 0 Å². The number of benzene rings is 2.